The van der Waals surface area contributed by atoms with Crippen LogP contribution in [0.4, 0.5) is 4.79 Å². The normalized spacial score (nSPS) is 15.9. The molecule has 11 nitrogen and oxygen atoms in total. The van der Waals surface area contributed by atoms with Gasteiger partial charge in [0.15, 0.2) is 14.4 Å². The van der Waals surface area contributed by atoms with Crippen LogP contribution in [-0.2, 0) is 43.5 Å². The second kappa shape index (κ2) is 15.0. The minimum absolute atomic E-state index is 0.0496. The molecule has 0 fully saturated rings. The number of nitrogens with two attached hydrogens (primary N) is 2. The van der Waals surface area contributed by atoms with E-state index in [9.17, 15) is 32.6 Å². The van der Waals surface area contributed by atoms with E-state index < -0.39 is 63.7 Å². The van der Waals surface area contributed by atoms with Gasteiger partial charge in [-0.3, -0.25) is 9.36 Å². The van der Waals surface area contributed by atoms with E-state index in [0.717, 1.165) is 5.56 Å². The summed E-state index contributed by atoms with van der Waals surface area (Å²) in [4.78, 5) is 36.4. The van der Waals surface area contributed by atoms with Gasteiger partial charge in [0.25, 0.3) is 0 Å². The highest BCUT2D eigenvalue weighted by atomic mass is 32.2. The van der Waals surface area contributed by atoms with Gasteiger partial charge in [-0.15, -0.1) is 0 Å². The van der Waals surface area contributed by atoms with Crippen LogP contribution in [0.2, 0.25) is 0 Å². The molecule has 0 aliphatic heterocycles. The zero-order chi connectivity index (χ0) is 32.5. The Morgan fingerprint density at radius 3 is 2.07 bits per heavy atom. The van der Waals surface area contributed by atoms with Crippen molar-refractivity contribution in [1.82, 2.24) is 5.32 Å². The molecule has 0 bridgehead atoms. The van der Waals surface area contributed by atoms with Gasteiger partial charge < -0.3 is 31.5 Å². The number of carboxylic acid groups (broad SMARTS) is 1. The molecule has 1 amide bonds. The molecule has 3 rings (SSSR count). The molecule has 0 aromatic heterocycles. The lowest BCUT2D eigenvalue weighted by Gasteiger charge is -2.38. The number of carboxylic acids is 1. The number of carbonyl (C=O) groups is 2. The van der Waals surface area contributed by atoms with Crippen LogP contribution in [0.15, 0.2) is 84.9 Å². The standard InChI is InChI=1S/C31H40N3O8PS/c1-22(2)31(33,43(38,39)20-28(29(35)36)26-15-9-14-25(16-26)18-32)44(40,41)21-27(17-23-10-5-3-6-11-23)34-30(37)42-19-24-12-7-4-8-13-24/h3-16,22,27-28H,17-21,32-33H2,1-2H3,(H,34,37)(H,35,36)(H,38,39). The molecule has 0 aliphatic carbocycles. The first-order valence-corrected chi connectivity index (χ1v) is 17.6. The summed E-state index contributed by atoms with van der Waals surface area (Å²) in [5, 5.41) is 12.6. The molecule has 4 atom stereocenters. The first-order chi connectivity index (χ1) is 20.7. The molecule has 0 radical (unpaired) electrons. The van der Waals surface area contributed by atoms with Gasteiger partial charge in [-0.1, -0.05) is 98.8 Å². The smallest absolute Gasteiger partial charge is 0.407 e. The summed E-state index contributed by atoms with van der Waals surface area (Å²) in [6, 6.07) is 22.8. The van der Waals surface area contributed by atoms with Crippen LogP contribution in [-0.4, -0.2) is 53.0 Å². The van der Waals surface area contributed by atoms with Crippen molar-refractivity contribution in [1.29, 1.82) is 0 Å². The Morgan fingerprint density at radius 1 is 0.955 bits per heavy atom. The van der Waals surface area contributed by atoms with Crippen molar-refractivity contribution in [2.45, 2.75) is 50.0 Å². The number of hydrogen-bond donors (Lipinski definition) is 5. The van der Waals surface area contributed by atoms with Crippen LogP contribution in [0, 0.1) is 5.92 Å². The molecule has 0 spiro atoms. The van der Waals surface area contributed by atoms with Crippen molar-refractivity contribution in [2.24, 2.45) is 17.4 Å². The van der Waals surface area contributed by atoms with Crippen molar-refractivity contribution in [3.63, 3.8) is 0 Å². The van der Waals surface area contributed by atoms with Crippen LogP contribution < -0.4 is 16.8 Å². The van der Waals surface area contributed by atoms with Gasteiger partial charge in [-0.2, -0.15) is 0 Å². The molecular formula is C31H40N3O8PS. The van der Waals surface area contributed by atoms with Crippen molar-refractivity contribution >= 4 is 29.3 Å². The molecule has 238 valence electrons. The van der Waals surface area contributed by atoms with E-state index in [1.807, 2.05) is 6.07 Å². The van der Waals surface area contributed by atoms with Gasteiger partial charge in [-0.25, -0.2) is 13.2 Å². The number of ether oxygens (including phenoxy) is 1. The maximum atomic E-state index is 14.1. The van der Waals surface area contributed by atoms with E-state index in [1.54, 1.807) is 66.7 Å². The topological polar surface area (TPSA) is 199 Å². The predicted molar refractivity (Wildman–Crippen MR) is 169 cm³/mol. The number of carbonyl (C=O) groups excluding carboxylic acids is 1. The number of hydrogen-bond acceptors (Lipinski definition) is 8. The Bertz CT molecular complexity index is 1570. The lowest BCUT2D eigenvalue weighted by Crippen LogP contribution is -2.56. The zero-order valence-corrected chi connectivity index (χ0v) is 26.4. The maximum Gasteiger partial charge on any atom is 0.407 e. The fraction of sp³-hybridized carbons (Fsp3) is 0.355. The van der Waals surface area contributed by atoms with Crippen molar-refractivity contribution < 1.29 is 37.3 Å². The Morgan fingerprint density at radius 2 is 1.52 bits per heavy atom. The molecule has 13 heteroatoms. The molecule has 0 aliphatic rings. The predicted octanol–water partition coefficient (Wildman–Crippen LogP) is 3.80. The van der Waals surface area contributed by atoms with E-state index in [2.05, 4.69) is 5.32 Å². The van der Waals surface area contributed by atoms with Gasteiger partial charge in [0.05, 0.1) is 17.7 Å². The van der Waals surface area contributed by atoms with Crippen molar-refractivity contribution in [3.8, 4) is 0 Å². The highest BCUT2D eigenvalue weighted by Gasteiger charge is 2.58. The quantitative estimate of drug-likeness (QED) is 0.151. The third kappa shape index (κ3) is 8.55. The molecule has 0 saturated heterocycles. The number of sulfone groups is 1. The molecule has 7 N–H and O–H groups in total. The zero-order valence-electron chi connectivity index (χ0n) is 24.7. The second-order valence-electron chi connectivity index (χ2n) is 11.0. The first kappa shape index (κ1) is 34.9. The molecule has 3 aromatic rings. The highest BCUT2D eigenvalue weighted by Crippen LogP contribution is 2.60. The fourth-order valence-corrected chi connectivity index (χ4v) is 10.9. The third-order valence-electron chi connectivity index (χ3n) is 7.47. The third-order valence-corrected chi connectivity index (χ3v) is 13.9. The molecule has 0 heterocycles. The maximum absolute atomic E-state index is 14.1. The minimum Gasteiger partial charge on any atom is -0.481 e. The Kier molecular flexibility index (Phi) is 11.9. The summed E-state index contributed by atoms with van der Waals surface area (Å²) in [6.07, 6.45) is -1.76. The van der Waals surface area contributed by atoms with Crippen LogP contribution in [0.3, 0.4) is 0 Å². The molecule has 0 saturated carbocycles. The van der Waals surface area contributed by atoms with Gasteiger partial charge in [0.2, 0.25) is 7.37 Å². The van der Waals surface area contributed by atoms with Gasteiger partial charge in [0, 0.05) is 12.7 Å². The Balaban J connectivity index is 1.92. The van der Waals surface area contributed by atoms with Gasteiger partial charge >= 0.3 is 12.1 Å². The number of nitrogens with one attached hydrogen (secondary N) is 1. The number of benzene rings is 3. The summed E-state index contributed by atoms with van der Waals surface area (Å²) < 4.78 is 44.8. The summed E-state index contributed by atoms with van der Waals surface area (Å²) in [6.45, 7) is 2.83. The van der Waals surface area contributed by atoms with Gasteiger partial charge in [-0.05, 0) is 34.6 Å². The van der Waals surface area contributed by atoms with Crippen molar-refractivity contribution in [2.75, 3.05) is 11.9 Å². The molecule has 4 unspecified atom stereocenters. The van der Waals surface area contributed by atoms with Crippen LogP contribution in [0.1, 0.15) is 42.0 Å². The fourth-order valence-electron chi connectivity index (χ4n) is 5.01. The summed E-state index contributed by atoms with van der Waals surface area (Å²) >= 11 is 0. The summed E-state index contributed by atoms with van der Waals surface area (Å²) in [7, 11) is -9.68. The van der Waals surface area contributed by atoms with E-state index in [-0.39, 0.29) is 25.1 Å². The number of aliphatic carboxylic acids is 1. The Hall–Kier alpha value is -3.54. The van der Waals surface area contributed by atoms with E-state index in [1.165, 1.54) is 26.0 Å². The largest absolute Gasteiger partial charge is 0.481 e. The van der Waals surface area contributed by atoms with E-state index in [4.69, 9.17) is 16.2 Å². The lowest BCUT2D eigenvalue weighted by atomic mass is 9.99. The average Bonchev–Trinajstić information content (AvgIpc) is 2.98. The second-order valence-corrected chi connectivity index (χ2v) is 16.1. The van der Waals surface area contributed by atoms with Crippen LogP contribution >= 0.6 is 7.37 Å². The highest BCUT2D eigenvalue weighted by molar-refractivity contribution is 8.00. The first-order valence-electron chi connectivity index (χ1n) is 14.1. The van der Waals surface area contributed by atoms with E-state index >= 15 is 0 Å². The molecule has 3 aromatic carbocycles. The Labute approximate surface area is 258 Å². The monoisotopic (exact) mass is 645 g/mol. The number of rotatable bonds is 15. The van der Waals surface area contributed by atoms with Crippen LogP contribution in [0.5, 0.6) is 0 Å². The summed E-state index contributed by atoms with van der Waals surface area (Å²) in [5.41, 5.74) is 14.3. The SMILES string of the molecule is CC(C)C(N)(P(=O)(O)CC(C(=O)O)c1cccc(CN)c1)S(=O)(=O)CC(Cc1ccccc1)NC(=O)OCc1ccccc1. The van der Waals surface area contributed by atoms with Gasteiger partial charge in [0.1, 0.15) is 6.61 Å². The lowest BCUT2D eigenvalue weighted by molar-refractivity contribution is -0.138. The van der Waals surface area contributed by atoms with Crippen molar-refractivity contribution in [3.05, 3.63) is 107 Å². The summed E-state index contributed by atoms with van der Waals surface area (Å²) in [5.74, 6) is -4.85. The van der Waals surface area contributed by atoms with Crippen LogP contribution in [0.25, 0.3) is 0 Å². The number of alkyl carbamates (subject to hydrolysis) is 1. The molecule has 44 heavy (non-hydrogen) atoms. The number of amides is 1. The average molecular weight is 646 g/mol. The molecular weight excluding hydrogens is 605 g/mol. The minimum atomic E-state index is -4.98. The van der Waals surface area contributed by atoms with E-state index in [0.29, 0.717) is 11.1 Å².